The van der Waals surface area contributed by atoms with Crippen molar-refractivity contribution in [3.05, 3.63) is 0 Å². The summed E-state index contributed by atoms with van der Waals surface area (Å²) in [5, 5.41) is 0. The minimum Gasteiger partial charge on any atom is -0.330 e. The van der Waals surface area contributed by atoms with Crippen molar-refractivity contribution < 1.29 is 13.3 Å². The molecule has 0 aromatic carbocycles. The van der Waals surface area contributed by atoms with Crippen LogP contribution >= 0.6 is 0 Å². The Labute approximate surface area is 108 Å². The van der Waals surface area contributed by atoms with E-state index in [1.807, 2.05) is 0 Å². The minimum absolute atomic E-state index is 0.872. The van der Waals surface area contributed by atoms with Crippen LogP contribution in [-0.4, -0.2) is 19.9 Å². The predicted molar refractivity (Wildman–Crippen MR) is 74.3 cm³/mol. The number of hydrogen-bond acceptors (Lipinski definition) is 2. The zero-order valence-electron chi connectivity index (χ0n) is 11.1. The lowest BCUT2D eigenvalue weighted by atomic mass is 10.1. The molecule has 4 nitrogen and oxygen atoms in total. The van der Waals surface area contributed by atoms with Gasteiger partial charge in [-0.15, -0.1) is 0 Å². The average Bonchev–Trinajstić information content (AvgIpc) is 2.26. The minimum atomic E-state index is -2.61. The third-order valence-electron chi connectivity index (χ3n) is 2.56. The van der Waals surface area contributed by atoms with Gasteiger partial charge in [0, 0.05) is 0 Å². The maximum absolute atomic E-state index is 8.67. The van der Waals surface area contributed by atoms with Gasteiger partial charge < -0.3 is 5.73 Å². The van der Waals surface area contributed by atoms with Gasteiger partial charge in [-0.05, 0) is 13.0 Å². The zero-order valence-corrected chi connectivity index (χ0v) is 11.9. The maximum Gasteiger partial charge on any atom is 0.299 e. The number of nitrogens with two attached hydrogens (primary N) is 1. The van der Waals surface area contributed by atoms with Crippen LogP contribution in [0, 0.1) is 0 Å². The fraction of sp³-hybridized carbons (Fsp3) is 1.00. The van der Waals surface area contributed by atoms with Gasteiger partial charge in [0.05, 0.1) is 0 Å². The number of unbranched alkanes of at least 4 members (excludes halogenated alkanes) is 9. The summed E-state index contributed by atoms with van der Waals surface area (Å²) in [5.41, 5.74) is 5.42. The van der Waals surface area contributed by atoms with Crippen molar-refractivity contribution in [2.24, 2.45) is 5.73 Å². The van der Waals surface area contributed by atoms with E-state index in [0.29, 0.717) is 0 Å². The Hall–Kier alpha value is 0.0300. The Balaban J connectivity index is 0. The van der Waals surface area contributed by atoms with E-state index in [0.717, 1.165) is 6.54 Å². The molecule has 106 valence electrons. The van der Waals surface area contributed by atoms with Crippen LogP contribution in [0.1, 0.15) is 71.1 Å². The standard InChI is InChI=1S/C12H27N.H2O3S/c1-2-3-4-5-6-7-8-9-10-11-12-13;1-4(2)3/h2-13H2,1H3;(H2,1,2,3). The molecule has 0 aromatic heterocycles. The fourth-order valence-electron chi connectivity index (χ4n) is 1.63. The Morgan fingerprint density at radius 1 is 0.824 bits per heavy atom. The number of rotatable bonds is 10. The first-order chi connectivity index (χ1) is 8.15. The van der Waals surface area contributed by atoms with Crippen molar-refractivity contribution in [1.29, 1.82) is 0 Å². The molecule has 0 amide bonds. The van der Waals surface area contributed by atoms with Gasteiger partial charge in [0.2, 0.25) is 0 Å². The molecule has 17 heavy (non-hydrogen) atoms. The van der Waals surface area contributed by atoms with E-state index < -0.39 is 11.4 Å². The van der Waals surface area contributed by atoms with Gasteiger partial charge in [-0.2, -0.15) is 4.21 Å². The van der Waals surface area contributed by atoms with Gasteiger partial charge in [-0.3, -0.25) is 9.11 Å². The lowest BCUT2D eigenvalue weighted by Crippen LogP contribution is -1.97. The second kappa shape index (κ2) is 18.4. The lowest BCUT2D eigenvalue weighted by Gasteiger charge is -2.00. The zero-order chi connectivity index (χ0) is 13.4. The molecule has 0 aromatic rings. The van der Waals surface area contributed by atoms with E-state index in [1.54, 1.807) is 0 Å². The van der Waals surface area contributed by atoms with Crippen LogP contribution in [0.2, 0.25) is 0 Å². The largest absolute Gasteiger partial charge is 0.330 e. The molecule has 0 saturated heterocycles. The van der Waals surface area contributed by atoms with Crippen LogP contribution in [0.25, 0.3) is 0 Å². The lowest BCUT2D eigenvalue weighted by molar-refractivity contribution is 0.454. The highest BCUT2D eigenvalue weighted by Crippen LogP contribution is 2.09. The Kier molecular flexibility index (Phi) is 21.0. The first-order valence-electron chi connectivity index (χ1n) is 6.65. The first kappa shape index (κ1) is 19.4. The van der Waals surface area contributed by atoms with Crippen molar-refractivity contribution in [2.75, 3.05) is 6.54 Å². The summed E-state index contributed by atoms with van der Waals surface area (Å²) >= 11 is -2.61. The van der Waals surface area contributed by atoms with Crippen LogP contribution in [0.4, 0.5) is 0 Å². The summed E-state index contributed by atoms with van der Waals surface area (Å²) in [6, 6.07) is 0. The van der Waals surface area contributed by atoms with Gasteiger partial charge in [-0.1, -0.05) is 64.7 Å². The van der Waals surface area contributed by atoms with E-state index in [-0.39, 0.29) is 0 Å². The fourth-order valence-corrected chi connectivity index (χ4v) is 1.63. The van der Waals surface area contributed by atoms with Crippen LogP contribution < -0.4 is 5.73 Å². The first-order valence-corrected chi connectivity index (χ1v) is 7.71. The molecule has 0 radical (unpaired) electrons. The summed E-state index contributed by atoms with van der Waals surface area (Å²) in [7, 11) is 0. The molecule has 0 bridgehead atoms. The van der Waals surface area contributed by atoms with Gasteiger partial charge in [0.15, 0.2) is 0 Å². The third-order valence-corrected chi connectivity index (χ3v) is 2.56. The smallest absolute Gasteiger partial charge is 0.299 e. The molecule has 0 aliphatic heterocycles. The highest BCUT2D eigenvalue weighted by molar-refractivity contribution is 7.73. The molecule has 0 fully saturated rings. The topological polar surface area (TPSA) is 83.6 Å². The van der Waals surface area contributed by atoms with Crippen molar-refractivity contribution in [1.82, 2.24) is 0 Å². The second-order valence-corrected chi connectivity index (χ2v) is 4.66. The molecule has 0 spiro atoms. The maximum atomic E-state index is 8.67. The van der Waals surface area contributed by atoms with E-state index >= 15 is 0 Å². The van der Waals surface area contributed by atoms with Gasteiger partial charge in [-0.25, -0.2) is 0 Å². The van der Waals surface area contributed by atoms with Crippen LogP contribution in [-0.2, 0) is 11.4 Å². The highest BCUT2D eigenvalue weighted by atomic mass is 32.2. The summed E-state index contributed by atoms with van der Waals surface area (Å²) in [6.45, 7) is 3.14. The van der Waals surface area contributed by atoms with Crippen molar-refractivity contribution in [2.45, 2.75) is 71.1 Å². The van der Waals surface area contributed by atoms with Crippen LogP contribution in [0.5, 0.6) is 0 Å². The quantitative estimate of drug-likeness (QED) is 0.417. The SMILES string of the molecule is CCCCCCCCCCCCN.O=S(O)O. The van der Waals surface area contributed by atoms with E-state index in [1.165, 1.54) is 64.2 Å². The average molecular weight is 267 g/mol. The molecular formula is C12H29NO3S. The molecule has 0 unspecified atom stereocenters. The predicted octanol–water partition coefficient (Wildman–Crippen LogP) is 3.55. The van der Waals surface area contributed by atoms with E-state index in [9.17, 15) is 0 Å². The highest BCUT2D eigenvalue weighted by Gasteiger charge is 1.91. The van der Waals surface area contributed by atoms with Gasteiger partial charge in [0.25, 0.3) is 11.4 Å². The molecule has 4 N–H and O–H groups in total. The van der Waals surface area contributed by atoms with Crippen molar-refractivity contribution in [3.8, 4) is 0 Å². The number of hydrogen-bond donors (Lipinski definition) is 3. The van der Waals surface area contributed by atoms with Crippen LogP contribution in [0.15, 0.2) is 0 Å². The molecule has 0 heterocycles. The Morgan fingerprint density at radius 2 is 1.12 bits per heavy atom. The third kappa shape index (κ3) is 31.4. The van der Waals surface area contributed by atoms with E-state index in [2.05, 4.69) is 6.92 Å². The normalized spacial score (nSPS) is 10.2. The molecule has 0 atom stereocenters. The van der Waals surface area contributed by atoms with Gasteiger partial charge in [0.1, 0.15) is 0 Å². The molecule has 0 aliphatic carbocycles. The Bertz CT molecular complexity index is 143. The van der Waals surface area contributed by atoms with Crippen molar-refractivity contribution in [3.63, 3.8) is 0 Å². The summed E-state index contributed by atoms with van der Waals surface area (Å²) < 4.78 is 22.8. The second-order valence-electron chi connectivity index (χ2n) is 4.20. The molecule has 0 saturated carbocycles. The summed E-state index contributed by atoms with van der Waals surface area (Å²) in [4.78, 5) is 0. The monoisotopic (exact) mass is 267 g/mol. The molecule has 5 heteroatoms. The molecule has 0 aliphatic rings. The van der Waals surface area contributed by atoms with Gasteiger partial charge >= 0.3 is 0 Å². The molecular weight excluding hydrogens is 238 g/mol. The van der Waals surface area contributed by atoms with Crippen molar-refractivity contribution >= 4 is 11.4 Å². The summed E-state index contributed by atoms with van der Waals surface area (Å²) in [5.74, 6) is 0. The van der Waals surface area contributed by atoms with E-state index in [4.69, 9.17) is 19.0 Å². The molecule has 0 rings (SSSR count). The van der Waals surface area contributed by atoms with Crippen LogP contribution in [0.3, 0.4) is 0 Å². The Morgan fingerprint density at radius 3 is 1.41 bits per heavy atom. The summed E-state index contributed by atoms with van der Waals surface area (Å²) in [6.07, 6.45) is 13.9.